The Labute approximate surface area is 170 Å². The molecule has 0 aliphatic carbocycles. The first-order chi connectivity index (χ1) is 14.0. The molecule has 0 saturated heterocycles. The summed E-state index contributed by atoms with van der Waals surface area (Å²) in [5, 5.41) is 9.12. The van der Waals surface area contributed by atoms with Gasteiger partial charge in [-0.15, -0.1) is 0 Å². The van der Waals surface area contributed by atoms with Gasteiger partial charge in [-0.2, -0.15) is 5.10 Å². The fourth-order valence-electron chi connectivity index (χ4n) is 3.28. The number of hydrogen-bond donors (Lipinski definition) is 2. The average molecular weight is 388 g/mol. The number of hydrazone groups is 1. The van der Waals surface area contributed by atoms with E-state index in [-0.39, 0.29) is 5.91 Å². The van der Waals surface area contributed by atoms with Gasteiger partial charge in [0.25, 0.3) is 5.91 Å². The quantitative estimate of drug-likeness (QED) is 0.521. The van der Waals surface area contributed by atoms with Gasteiger partial charge in [-0.25, -0.2) is 4.98 Å². The van der Waals surface area contributed by atoms with Crippen LogP contribution in [0, 0.1) is 0 Å². The van der Waals surface area contributed by atoms with Gasteiger partial charge in [-0.05, 0) is 35.9 Å². The third-order valence-corrected chi connectivity index (χ3v) is 4.98. The van der Waals surface area contributed by atoms with Crippen molar-refractivity contribution < 1.29 is 4.79 Å². The van der Waals surface area contributed by atoms with Gasteiger partial charge in [0.1, 0.15) is 5.82 Å². The number of carbonyl (C=O) groups excluding carboxylic acids is 1. The number of hydrogen-bond acceptors (Lipinski definition) is 5. The highest BCUT2D eigenvalue weighted by atomic mass is 16.1. The van der Waals surface area contributed by atoms with Gasteiger partial charge in [0.05, 0.1) is 11.8 Å². The fourth-order valence-corrected chi connectivity index (χ4v) is 3.28. The van der Waals surface area contributed by atoms with Crippen molar-refractivity contribution in [2.45, 2.75) is 6.42 Å². The zero-order valence-corrected chi connectivity index (χ0v) is 16.8. The van der Waals surface area contributed by atoms with Crippen molar-refractivity contribution in [3.63, 3.8) is 0 Å². The Balaban J connectivity index is 1.53. The molecular formula is C22H24N6O. The number of amides is 1. The molecule has 1 aliphatic heterocycles. The van der Waals surface area contributed by atoms with E-state index >= 15 is 0 Å². The van der Waals surface area contributed by atoms with E-state index in [0.717, 1.165) is 46.0 Å². The number of pyridine rings is 1. The van der Waals surface area contributed by atoms with Crippen molar-refractivity contribution >= 4 is 23.6 Å². The molecule has 1 aliphatic rings. The SMILES string of the molecule is CN(C)c1ccc(C=NN(C)c2cc(-c3cc4c([nH]3)CCNC4=O)ccn2)cc1. The minimum absolute atomic E-state index is 0.0231. The van der Waals surface area contributed by atoms with E-state index in [4.69, 9.17) is 0 Å². The zero-order valence-electron chi connectivity index (χ0n) is 16.8. The Bertz CT molecular complexity index is 1050. The Hall–Kier alpha value is -3.61. The summed E-state index contributed by atoms with van der Waals surface area (Å²) in [7, 11) is 5.90. The van der Waals surface area contributed by atoms with Crippen molar-refractivity contribution in [3.8, 4) is 11.3 Å². The predicted octanol–water partition coefficient (Wildman–Crippen LogP) is 2.90. The van der Waals surface area contributed by atoms with Gasteiger partial charge in [0.2, 0.25) is 0 Å². The molecule has 29 heavy (non-hydrogen) atoms. The summed E-state index contributed by atoms with van der Waals surface area (Å²) in [4.78, 5) is 21.9. The van der Waals surface area contributed by atoms with Crippen molar-refractivity contribution in [1.82, 2.24) is 15.3 Å². The summed E-state index contributed by atoms with van der Waals surface area (Å²) in [5.74, 6) is 0.700. The molecule has 3 aromatic rings. The molecule has 1 aromatic carbocycles. The van der Waals surface area contributed by atoms with Crippen LogP contribution in [0.15, 0.2) is 53.8 Å². The molecule has 0 fully saturated rings. The van der Waals surface area contributed by atoms with Crippen molar-refractivity contribution in [2.75, 3.05) is 37.6 Å². The molecule has 7 nitrogen and oxygen atoms in total. The number of aromatic nitrogens is 2. The van der Waals surface area contributed by atoms with E-state index in [2.05, 4.69) is 37.4 Å². The molecule has 0 radical (unpaired) electrons. The lowest BCUT2D eigenvalue weighted by molar-refractivity contribution is 0.0946. The second kappa shape index (κ2) is 7.79. The lowest BCUT2D eigenvalue weighted by atomic mass is 10.1. The summed E-state index contributed by atoms with van der Waals surface area (Å²) in [6.07, 6.45) is 4.38. The average Bonchev–Trinajstić information content (AvgIpc) is 3.18. The van der Waals surface area contributed by atoms with E-state index in [1.165, 1.54) is 0 Å². The third kappa shape index (κ3) is 3.99. The summed E-state index contributed by atoms with van der Waals surface area (Å²) in [5.41, 5.74) is 5.74. The van der Waals surface area contributed by atoms with Crippen LogP contribution in [-0.4, -0.2) is 49.8 Å². The van der Waals surface area contributed by atoms with Crippen LogP contribution in [0.3, 0.4) is 0 Å². The highest BCUT2D eigenvalue weighted by Crippen LogP contribution is 2.26. The number of fused-ring (bicyclic) bond motifs is 1. The van der Waals surface area contributed by atoms with Gasteiger partial charge in [0.15, 0.2) is 0 Å². The molecular weight excluding hydrogens is 364 g/mol. The minimum atomic E-state index is -0.0231. The van der Waals surface area contributed by atoms with Crippen LogP contribution >= 0.6 is 0 Å². The highest BCUT2D eigenvalue weighted by molar-refractivity contribution is 5.97. The maximum absolute atomic E-state index is 12.0. The van der Waals surface area contributed by atoms with E-state index in [9.17, 15) is 4.79 Å². The van der Waals surface area contributed by atoms with E-state index in [0.29, 0.717) is 6.54 Å². The van der Waals surface area contributed by atoms with Crippen LogP contribution in [0.1, 0.15) is 21.6 Å². The van der Waals surface area contributed by atoms with Crippen LogP contribution in [-0.2, 0) is 6.42 Å². The highest BCUT2D eigenvalue weighted by Gasteiger charge is 2.20. The smallest absolute Gasteiger partial charge is 0.253 e. The van der Waals surface area contributed by atoms with Gasteiger partial charge in [-0.3, -0.25) is 9.80 Å². The molecule has 7 heteroatoms. The van der Waals surface area contributed by atoms with Crippen molar-refractivity contribution in [1.29, 1.82) is 0 Å². The van der Waals surface area contributed by atoms with Crippen LogP contribution in [0.25, 0.3) is 11.3 Å². The molecule has 4 rings (SSSR count). The number of anilines is 2. The van der Waals surface area contributed by atoms with Crippen molar-refractivity contribution in [3.05, 3.63) is 65.5 Å². The molecule has 3 heterocycles. The number of aromatic amines is 1. The first kappa shape index (κ1) is 18.7. The lowest BCUT2D eigenvalue weighted by Crippen LogP contribution is -2.31. The van der Waals surface area contributed by atoms with E-state index in [1.54, 1.807) is 11.2 Å². The number of rotatable bonds is 5. The fraction of sp³-hybridized carbons (Fsp3) is 0.227. The molecule has 0 atom stereocenters. The Morgan fingerprint density at radius 3 is 2.62 bits per heavy atom. The normalized spacial score (nSPS) is 13.3. The molecule has 148 valence electrons. The summed E-state index contributed by atoms with van der Waals surface area (Å²) >= 11 is 0. The standard InChI is InChI=1S/C22H24N6O/c1-27(2)17-6-4-15(5-7-17)14-25-28(3)21-12-16(8-10-23-21)20-13-18-19(26-20)9-11-24-22(18)29/h4-8,10,12-14,26H,9,11H2,1-3H3,(H,24,29). The number of nitrogens with zero attached hydrogens (tertiary/aromatic N) is 4. The second-order valence-electron chi connectivity index (χ2n) is 7.24. The number of benzene rings is 1. The molecule has 0 saturated carbocycles. The molecule has 0 unspecified atom stereocenters. The first-order valence-corrected chi connectivity index (χ1v) is 9.53. The first-order valence-electron chi connectivity index (χ1n) is 9.53. The molecule has 0 spiro atoms. The molecule has 0 bridgehead atoms. The van der Waals surface area contributed by atoms with E-state index in [1.807, 2.05) is 57.7 Å². The van der Waals surface area contributed by atoms with Gasteiger partial charge < -0.3 is 15.2 Å². The maximum Gasteiger partial charge on any atom is 0.253 e. The number of carbonyl (C=O) groups is 1. The largest absolute Gasteiger partial charge is 0.378 e. The maximum atomic E-state index is 12.0. The summed E-state index contributed by atoms with van der Waals surface area (Å²) in [6, 6.07) is 14.0. The van der Waals surface area contributed by atoms with Crippen LogP contribution in [0.2, 0.25) is 0 Å². The number of nitrogens with one attached hydrogen (secondary N) is 2. The van der Waals surface area contributed by atoms with Crippen molar-refractivity contribution in [2.24, 2.45) is 5.10 Å². The third-order valence-electron chi connectivity index (χ3n) is 4.98. The molecule has 2 N–H and O–H groups in total. The monoisotopic (exact) mass is 388 g/mol. The number of H-pyrrole nitrogens is 1. The molecule has 1 amide bonds. The van der Waals surface area contributed by atoms with Gasteiger partial charge in [-0.1, -0.05) is 12.1 Å². The van der Waals surface area contributed by atoms with Gasteiger partial charge >= 0.3 is 0 Å². The zero-order chi connectivity index (χ0) is 20.4. The van der Waals surface area contributed by atoms with Crippen LogP contribution < -0.4 is 15.2 Å². The Kier molecular flexibility index (Phi) is 5.03. The second-order valence-corrected chi connectivity index (χ2v) is 7.24. The van der Waals surface area contributed by atoms with Crippen LogP contribution in [0.4, 0.5) is 11.5 Å². The lowest BCUT2D eigenvalue weighted by Gasteiger charge is -2.13. The minimum Gasteiger partial charge on any atom is -0.378 e. The van der Waals surface area contributed by atoms with Gasteiger partial charge in [0, 0.05) is 62.9 Å². The Morgan fingerprint density at radius 2 is 1.90 bits per heavy atom. The summed E-state index contributed by atoms with van der Waals surface area (Å²) < 4.78 is 0. The van der Waals surface area contributed by atoms with Crippen LogP contribution in [0.5, 0.6) is 0 Å². The molecule has 2 aromatic heterocycles. The Morgan fingerprint density at radius 1 is 1.10 bits per heavy atom. The van der Waals surface area contributed by atoms with E-state index < -0.39 is 0 Å². The summed E-state index contributed by atoms with van der Waals surface area (Å²) in [6.45, 7) is 0.667. The predicted molar refractivity (Wildman–Crippen MR) is 117 cm³/mol. The topological polar surface area (TPSA) is 76.6 Å².